The molecule has 1 aliphatic heterocycles. The van der Waals surface area contributed by atoms with E-state index < -0.39 is 10.0 Å². The van der Waals surface area contributed by atoms with E-state index in [9.17, 15) is 8.42 Å². The lowest BCUT2D eigenvalue weighted by Crippen LogP contribution is -2.40. The molecule has 2 aromatic rings. The number of halogens is 1. The van der Waals surface area contributed by atoms with Crippen molar-refractivity contribution in [2.45, 2.75) is 23.8 Å². The lowest BCUT2D eigenvalue weighted by molar-refractivity contribution is 0.0774. The quantitative estimate of drug-likeness (QED) is 0.879. The van der Waals surface area contributed by atoms with Crippen molar-refractivity contribution in [1.82, 2.24) is 9.71 Å². The molecule has 1 aromatic carbocycles. The van der Waals surface area contributed by atoms with E-state index in [0.29, 0.717) is 23.8 Å². The van der Waals surface area contributed by atoms with E-state index in [4.69, 9.17) is 16.3 Å². The Balaban J connectivity index is 1.92. The van der Waals surface area contributed by atoms with Gasteiger partial charge >= 0.3 is 0 Å². The average molecular weight is 327 g/mol. The van der Waals surface area contributed by atoms with Gasteiger partial charge in [0.05, 0.1) is 11.5 Å². The Hall–Kier alpha value is -1.21. The lowest BCUT2D eigenvalue weighted by atomic mass is 10.1. The molecule has 1 N–H and O–H groups in total. The number of nitrogens with zero attached hydrogens (tertiary/aromatic N) is 1. The lowest BCUT2D eigenvalue weighted by Gasteiger charge is -2.23. The Bertz CT molecular complexity index is 758. The van der Waals surface area contributed by atoms with Gasteiger partial charge in [0.25, 0.3) is 0 Å². The van der Waals surface area contributed by atoms with Gasteiger partial charge in [-0.05, 0) is 36.4 Å². The molecule has 0 amide bonds. The second-order valence-electron chi connectivity index (χ2n) is 5.02. The fraction of sp³-hybridized carbons (Fsp3) is 0.357. The summed E-state index contributed by atoms with van der Waals surface area (Å²) in [5.74, 6) is 0. The smallest absolute Gasteiger partial charge is 0.240 e. The summed E-state index contributed by atoms with van der Waals surface area (Å²) in [7, 11) is -3.58. The summed E-state index contributed by atoms with van der Waals surface area (Å²) in [6.07, 6.45) is 3.24. The highest BCUT2D eigenvalue weighted by Gasteiger charge is 2.22. The van der Waals surface area contributed by atoms with Crippen LogP contribution < -0.4 is 4.72 Å². The largest absolute Gasteiger partial charge is 0.380 e. The van der Waals surface area contributed by atoms with Crippen LogP contribution in [0.4, 0.5) is 0 Å². The molecule has 1 aromatic heterocycles. The summed E-state index contributed by atoms with van der Waals surface area (Å²) >= 11 is 6.02. The molecule has 112 valence electrons. The fourth-order valence-electron chi connectivity index (χ4n) is 2.40. The zero-order chi connectivity index (χ0) is 14.9. The molecule has 0 spiro atoms. The van der Waals surface area contributed by atoms with E-state index in [-0.39, 0.29) is 10.9 Å². The van der Waals surface area contributed by atoms with Crippen molar-refractivity contribution < 1.29 is 13.2 Å². The number of nitrogens with one attached hydrogen (secondary N) is 1. The maximum absolute atomic E-state index is 12.4. The van der Waals surface area contributed by atoms with E-state index in [1.165, 1.54) is 0 Å². The molecular formula is C14H15ClN2O3S. The first-order chi connectivity index (χ1) is 10.1. The molecule has 0 bridgehead atoms. The van der Waals surface area contributed by atoms with Crippen LogP contribution in [0.1, 0.15) is 12.8 Å². The zero-order valence-corrected chi connectivity index (χ0v) is 12.8. The second-order valence-corrected chi connectivity index (χ2v) is 7.09. The Labute approximate surface area is 128 Å². The Kier molecular flexibility index (Phi) is 4.12. The van der Waals surface area contributed by atoms with E-state index in [0.717, 1.165) is 18.2 Å². The van der Waals surface area contributed by atoms with Crippen molar-refractivity contribution in [3.05, 3.63) is 35.6 Å². The van der Waals surface area contributed by atoms with E-state index >= 15 is 0 Å². The number of hydrogen-bond donors (Lipinski definition) is 1. The third kappa shape index (κ3) is 3.18. The van der Waals surface area contributed by atoms with Crippen LogP contribution in [0.5, 0.6) is 0 Å². The number of rotatable bonds is 3. The summed E-state index contributed by atoms with van der Waals surface area (Å²) in [5, 5.41) is 1.78. The first-order valence-electron chi connectivity index (χ1n) is 6.70. The van der Waals surface area contributed by atoms with Crippen molar-refractivity contribution in [2.75, 3.05) is 13.2 Å². The van der Waals surface area contributed by atoms with Crippen molar-refractivity contribution >= 4 is 32.4 Å². The van der Waals surface area contributed by atoms with Gasteiger partial charge in [0.2, 0.25) is 10.0 Å². The van der Waals surface area contributed by atoms with Gasteiger partial charge in [-0.2, -0.15) is 0 Å². The number of ether oxygens (including phenoxy) is 1. The molecule has 1 fully saturated rings. The maximum Gasteiger partial charge on any atom is 0.240 e. The molecule has 3 rings (SSSR count). The first kappa shape index (κ1) is 14.7. The van der Waals surface area contributed by atoms with Gasteiger partial charge in [0.1, 0.15) is 5.15 Å². The maximum atomic E-state index is 12.4. The van der Waals surface area contributed by atoms with Crippen LogP contribution in [0, 0.1) is 0 Å². The molecule has 1 saturated heterocycles. The highest BCUT2D eigenvalue weighted by molar-refractivity contribution is 7.89. The van der Waals surface area contributed by atoms with Crippen LogP contribution in [0.3, 0.4) is 0 Å². The number of sulfonamides is 1. The SMILES string of the molecule is O=S(=O)(N[C@@H]1CCCOC1)c1ccc2ccnc(Cl)c2c1. The van der Waals surface area contributed by atoms with Crippen molar-refractivity contribution in [3.63, 3.8) is 0 Å². The summed E-state index contributed by atoms with van der Waals surface area (Å²) in [4.78, 5) is 4.17. The molecule has 7 heteroatoms. The Morgan fingerprint density at radius 1 is 1.33 bits per heavy atom. The Morgan fingerprint density at radius 3 is 2.95 bits per heavy atom. The molecule has 0 aliphatic carbocycles. The predicted octanol–water partition coefficient (Wildman–Crippen LogP) is 2.35. The molecule has 1 aliphatic rings. The van der Waals surface area contributed by atoms with Gasteiger partial charge in [-0.25, -0.2) is 18.1 Å². The molecule has 21 heavy (non-hydrogen) atoms. The minimum Gasteiger partial charge on any atom is -0.380 e. The third-order valence-corrected chi connectivity index (χ3v) is 5.30. The molecule has 0 radical (unpaired) electrons. The van der Waals surface area contributed by atoms with Crippen LogP contribution in [-0.2, 0) is 14.8 Å². The molecular weight excluding hydrogens is 312 g/mol. The topological polar surface area (TPSA) is 68.3 Å². The summed E-state index contributed by atoms with van der Waals surface area (Å²) < 4.78 is 32.8. The molecule has 2 heterocycles. The van der Waals surface area contributed by atoms with Crippen LogP contribution in [0.25, 0.3) is 10.8 Å². The predicted molar refractivity (Wildman–Crippen MR) is 80.9 cm³/mol. The number of fused-ring (bicyclic) bond motifs is 1. The van der Waals surface area contributed by atoms with Crippen molar-refractivity contribution in [2.24, 2.45) is 0 Å². The normalized spacial score (nSPS) is 19.8. The summed E-state index contributed by atoms with van der Waals surface area (Å²) in [5.41, 5.74) is 0. The molecule has 5 nitrogen and oxygen atoms in total. The van der Waals surface area contributed by atoms with Crippen molar-refractivity contribution in [1.29, 1.82) is 0 Å². The molecule has 0 unspecified atom stereocenters. The number of benzene rings is 1. The summed E-state index contributed by atoms with van der Waals surface area (Å²) in [6, 6.07) is 6.47. The van der Waals surface area contributed by atoms with Crippen molar-refractivity contribution in [3.8, 4) is 0 Å². The van der Waals surface area contributed by atoms with Gasteiger partial charge in [-0.15, -0.1) is 0 Å². The van der Waals surface area contributed by atoms with E-state index in [2.05, 4.69) is 9.71 Å². The number of hydrogen-bond acceptors (Lipinski definition) is 4. The average Bonchev–Trinajstić information content (AvgIpc) is 2.48. The van der Waals surface area contributed by atoms with Gasteiger partial charge in [0.15, 0.2) is 0 Å². The van der Waals surface area contributed by atoms with E-state index in [1.807, 2.05) is 0 Å². The zero-order valence-electron chi connectivity index (χ0n) is 11.3. The minimum atomic E-state index is -3.58. The first-order valence-corrected chi connectivity index (χ1v) is 8.57. The van der Waals surface area contributed by atoms with Gasteiger partial charge < -0.3 is 4.74 Å². The highest BCUT2D eigenvalue weighted by atomic mass is 35.5. The van der Waals surface area contributed by atoms with Crippen LogP contribution in [0.2, 0.25) is 5.15 Å². The molecule has 1 atom stereocenters. The fourth-order valence-corrected chi connectivity index (χ4v) is 3.90. The second kappa shape index (κ2) is 5.88. The minimum absolute atomic E-state index is 0.177. The third-order valence-electron chi connectivity index (χ3n) is 3.48. The molecule has 0 saturated carbocycles. The van der Waals surface area contributed by atoms with Gasteiger partial charge in [-0.1, -0.05) is 17.7 Å². The number of aromatic nitrogens is 1. The van der Waals surface area contributed by atoms with Crippen LogP contribution >= 0.6 is 11.6 Å². The van der Waals surface area contributed by atoms with Crippen LogP contribution in [0.15, 0.2) is 35.4 Å². The highest BCUT2D eigenvalue weighted by Crippen LogP contribution is 2.24. The van der Waals surface area contributed by atoms with Gasteiger partial charge in [-0.3, -0.25) is 0 Å². The van der Waals surface area contributed by atoms with Gasteiger partial charge in [0, 0.05) is 24.2 Å². The standard InChI is InChI=1S/C14H15ClN2O3S/c15-14-13-8-12(4-3-10(13)5-6-16-14)21(18,19)17-11-2-1-7-20-9-11/h3-6,8,11,17H,1-2,7,9H2/t11-/m1/s1. The van der Waals surface area contributed by atoms with Crippen LogP contribution in [-0.4, -0.2) is 32.7 Å². The van der Waals surface area contributed by atoms with E-state index in [1.54, 1.807) is 30.5 Å². The Morgan fingerprint density at radius 2 is 2.19 bits per heavy atom. The number of pyridine rings is 1. The summed E-state index contributed by atoms with van der Waals surface area (Å²) in [6.45, 7) is 1.10. The monoisotopic (exact) mass is 326 g/mol.